The van der Waals surface area contributed by atoms with Gasteiger partial charge in [0.1, 0.15) is 0 Å². The summed E-state index contributed by atoms with van der Waals surface area (Å²) in [4.78, 5) is 20.7. The Hall–Kier alpha value is -2.53. The lowest BCUT2D eigenvalue weighted by molar-refractivity contribution is -0.149. The molecule has 0 bridgehead atoms. The average molecular weight is 552 g/mol. The van der Waals surface area contributed by atoms with Gasteiger partial charge in [0.25, 0.3) is 0 Å². The van der Waals surface area contributed by atoms with Crippen molar-refractivity contribution in [2.45, 2.75) is 102 Å². The van der Waals surface area contributed by atoms with Crippen LogP contribution in [0.25, 0.3) is 0 Å². The predicted octanol–water partition coefficient (Wildman–Crippen LogP) is 8.30. The van der Waals surface area contributed by atoms with Gasteiger partial charge in [0.2, 0.25) is 0 Å². The van der Waals surface area contributed by atoms with Crippen molar-refractivity contribution in [1.29, 1.82) is 0 Å². The number of hydrogen-bond acceptors (Lipinski definition) is 5. The van der Waals surface area contributed by atoms with Gasteiger partial charge in [0, 0.05) is 16.2 Å². The average Bonchev–Trinajstić information content (AvgIpc) is 3.31. The molecular formula is C33H46ClN3O2. The van der Waals surface area contributed by atoms with Crippen molar-refractivity contribution < 1.29 is 9.53 Å². The van der Waals surface area contributed by atoms with Crippen LogP contribution in [0.4, 0.5) is 5.69 Å². The number of nitrogens with zero attached hydrogens (tertiary/aromatic N) is 2. The van der Waals surface area contributed by atoms with Crippen molar-refractivity contribution in [2.75, 3.05) is 12.4 Å². The van der Waals surface area contributed by atoms with Crippen molar-refractivity contribution in [3.63, 3.8) is 0 Å². The second kappa shape index (κ2) is 12.8. The number of carbonyl (C=O) groups excluding carboxylic acids is 1. The van der Waals surface area contributed by atoms with E-state index in [0.29, 0.717) is 11.8 Å². The SMILES string of the molecule is CCCCC1(C(=O)OC)N=CN(C(C)c2ccccc2)C1CC1CCC(C(C)(C)Nc2ccc(Cl)cc2)CC1. The monoisotopic (exact) mass is 551 g/mol. The van der Waals surface area contributed by atoms with E-state index in [-0.39, 0.29) is 23.6 Å². The Bertz CT molecular complexity index is 1100. The predicted molar refractivity (Wildman–Crippen MR) is 162 cm³/mol. The number of nitrogens with one attached hydrogen (secondary N) is 1. The Morgan fingerprint density at radius 2 is 1.79 bits per heavy atom. The minimum atomic E-state index is -0.833. The normalized spacial score (nSPS) is 25.9. The number of anilines is 1. The van der Waals surface area contributed by atoms with Crippen molar-refractivity contribution in [3.8, 4) is 0 Å². The third kappa shape index (κ3) is 6.62. The van der Waals surface area contributed by atoms with Gasteiger partial charge in [-0.1, -0.05) is 74.5 Å². The summed E-state index contributed by atoms with van der Waals surface area (Å²) >= 11 is 6.09. The number of benzene rings is 2. The summed E-state index contributed by atoms with van der Waals surface area (Å²) in [5, 5.41) is 4.51. The fourth-order valence-corrected chi connectivity index (χ4v) is 6.89. The molecule has 0 radical (unpaired) electrons. The van der Waals surface area contributed by atoms with Crippen LogP contribution in [-0.4, -0.2) is 41.4 Å². The first kappa shape index (κ1) is 29.5. The van der Waals surface area contributed by atoms with Crippen LogP contribution < -0.4 is 5.32 Å². The molecule has 1 heterocycles. The highest BCUT2D eigenvalue weighted by atomic mass is 35.5. The van der Waals surface area contributed by atoms with E-state index in [2.05, 4.69) is 74.3 Å². The number of hydrogen-bond donors (Lipinski definition) is 1. The molecule has 39 heavy (non-hydrogen) atoms. The number of ether oxygens (including phenoxy) is 1. The molecule has 4 rings (SSSR count). The van der Waals surface area contributed by atoms with Gasteiger partial charge in [-0.15, -0.1) is 0 Å². The lowest BCUT2D eigenvalue weighted by Gasteiger charge is -2.43. The van der Waals surface area contributed by atoms with E-state index in [4.69, 9.17) is 21.3 Å². The molecule has 0 saturated heterocycles. The number of rotatable bonds is 11. The highest BCUT2D eigenvalue weighted by Gasteiger charge is 2.53. The molecule has 6 heteroatoms. The van der Waals surface area contributed by atoms with E-state index in [9.17, 15) is 4.79 Å². The Morgan fingerprint density at radius 1 is 1.13 bits per heavy atom. The maximum absolute atomic E-state index is 13.4. The van der Waals surface area contributed by atoms with Crippen LogP contribution in [0.5, 0.6) is 0 Å². The molecule has 5 nitrogen and oxygen atoms in total. The molecule has 2 aliphatic rings. The topological polar surface area (TPSA) is 53.9 Å². The zero-order chi connectivity index (χ0) is 28.0. The fraction of sp³-hybridized carbons (Fsp3) is 0.576. The molecule has 1 saturated carbocycles. The first-order chi connectivity index (χ1) is 18.7. The van der Waals surface area contributed by atoms with Gasteiger partial charge in [0.05, 0.1) is 25.5 Å². The van der Waals surface area contributed by atoms with E-state index < -0.39 is 5.54 Å². The largest absolute Gasteiger partial charge is 0.467 e. The van der Waals surface area contributed by atoms with Crippen LogP contribution in [-0.2, 0) is 9.53 Å². The standard InChI is InChI=1S/C33H46ClN3O2/c1-6-7-21-33(31(38)39-5)30(37(23-35-33)24(2)26-11-9-8-10-12-26)22-25-13-15-27(16-14-25)32(3,4)36-29-19-17-28(34)18-20-29/h8-12,17-20,23-25,27,30,36H,6-7,13-16,21-22H2,1-5H3. The van der Waals surface area contributed by atoms with Crippen LogP contribution >= 0.6 is 11.6 Å². The van der Waals surface area contributed by atoms with Gasteiger partial charge in [-0.2, -0.15) is 0 Å². The van der Waals surface area contributed by atoms with E-state index in [1.807, 2.05) is 24.5 Å². The van der Waals surface area contributed by atoms with E-state index >= 15 is 0 Å². The number of esters is 1. The lowest BCUT2D eigenvalue weighted by atomic mass is 9.70. The molecular weight excluding hydrogens is 506 g/mol. The van der Waals surface area contributed by atoms with Crippen LogP contribution in [0.2, 0.25) is 5.02 Å². The third-order valence-corrected chi connectivity index (χ3v) is 9.50. The Kier molecular flexibility index (Phi) is 9.64. The van der Waals surface area contributed by atoms with E-state index in [0.717, 1.165) is 49.2 Å². The number of methoxy groups -OCH3 is 1. The van der Waals surface area contributed by atoms with Crippen LogP contribution in [0.3, 0.4) is 0 Å². The summed E-state index contributed by atoms with van der Waals surface area (Å²) < 4.78 is 5.42. The molecule has 1 N–H and O–H groups in total. The smallest absolute Gasteiger partial charge is 0.335 e. The molecule has 1 aliphatic carbocycles. The molecule has 1 aliphatic heterocycles. The Morgan fingerprint density at radius 3 is 2.41 bits per heavy atom. The minimum Gasteiger partial charge on any atom is -0.467 e. The number of halogens is 1. The van der Waals surface area contributed by atoms with Crippen molar-refractivity contribution in [1.82, 2.24) is 4.90 Å². The van der Waals surface area contributed by atoms with Crippen LogP contribution in [0, 0.1) is 11.8 Å². The third-order valence-electron chi connectivity index (χ3n) is 9.25. The molecule has 2 aromatic rings. The van der Waals surface area contributed by atoms with Crippen LogP contribution in [0.15, 0.2) is 59.6 Å². The Balaban J connectivity index is 1.49. The van der Waals surface area contributed by atoms with E-state index in [1.54, 1.807) is 0 Å². The van der Waals surface area contributed by atoms with Crippen molar-refractivity contribution in [3.05, 3.63) is 65.2 Å². The second-order valence-corrected chi connectivity index (χ2v) is 12.6. The summed E-state index contributed by atoms with van der Waals surface area (Å²) in [7, 11) is 1.51. The quantitative estimate of drug-likeness (QED) is 0.285. The highest BCUT2D eigenvalue weighted by Crippen LogP contribution is 2.44. The molecule has 2 aromatic carbocycles. The molecule has 3 atom stereocenters. The van der Waals surface area contributed by atoms with Gasteiger partial charge in [-0.3, -0.25) is 4.99 Å². The Labute approximate surface area is 240 Å². The zero-order valence-corrected chi connectivity index (χ0v) is 25.1. The fourth-order valence-electron chi connectivity index (χ4n) is 6.76. The van der Waals surface area contributed by atoms with Crippen molar-refractivity contribution in [2.24, 2.45) is 16.8 Å². The van der Waals surface area contributed by atoms with Gasteiger partial charge in [-0.25, -0.2) is 4.79 Å². The second-order valence-electron chi connectivity index (χ2n) is 12.1. The van der Waals surface area contributed by atoms with Gasteiger partial charge in [0.15, 0.2) is 5.54 Å². The lowest BCUT2D eigenvalue weighted by Crippen LogP contribution is -2.53. The van der Waals surface area contributed by atoms with E-state index in [1.165, 1.54) is 25.5 Å². The summed E-state index contributed by atoms with van der Waals surface area (Å²) in [5.41, 5.74) is 1.50. The molecule has 1 fully saturated rings. The summed E-state index contributed by atoms with van der Waals surface area (Å²) in [6.45, 7) is 9.02. The minimum absolute atomic E-state index is 0.00606. The molecule has 0 spiro atoms. The number of aliphatic imine (C=N–C) groups is 1. The molecule has 0 amide bonds. The van der Waals surface area contributed by atoms with Gasteiger partial charge < -0.3 is 15.0 Å². The van der Waals surface area contributed by atoms with Crippen LogP contribution in [0.1, 0.15) is 90.7 Å². The van der Waals surface area contributed by atoms with Gasteiger partial charge in [-0.05, 0) is 88.1 Å². The molecule has 212 valence electrons. The summed E-state index contributed by atoms with van der Waals surface area (Å²) in [6, 6.07) is 18.7. The van der Waals surface area contributed by atoms with Gasteiger partial charge >= 0.3 is 5.97 Å². The first-order valence-corrected chi connectivity index (χ1v) is 15.1. The maximum atomic E-state index is 13.4. The summed E-state index contributed by atoms with van der Waals surface area (Å²) in [6.07, 6.45) is 10.2. The first-order valence-electron chi connectivity index (χ1n) is 14.7. The summed E-state index contributed by atoms with van der Waals surface area (Å²) in [5.74, 6) is 0.936. The number of unbranched alkanes of at least 4 members (excludes halogenated alkanes) is 1. The number of carbonyl (C=O) groups is 1. The molecule has 3 unspecified atom stereocenters. The molecule has 0 aromatic heterocycles. The zero-order valence-electron chi connectivity index (χ0n) is 24.3. The maximum Gasteiger partial charge on any atom is 0.335 e. The highest BCUT2D eigenvalue weighted by molar-refractivity contribution is 6.30. The van der Waals surface area contributed by atoms with Crippen molar-refractivity contribution >= 4 is 29.6 Å².